The number of nitrogens with two attached hydrogens (primary N) is 1. The minimum atomic E-state index is -0.765. The van der Waals surface area contributed by atoms with Gasteiger partial charge in [0.15, 0.2) is 0 Å². The van der Waals surface area contributed by atoms with E-state index in [0.717, 1.165) is 0 Å². The molecule has 0 aliphatic carbocycles. The Morgan fingerprint density at radius 2 is 2.14 bits per heavy atom. The number of pyridine rings is 1. The Balaban J connectivity index is 2.90. The molecule has 0 saturated carbocycles. The Bertz CT molecular complexity index is 510. The highest BCUT2D eigenvalue weighted by atomic mass is 19.1. The predicted molar refractivity (Wildman–Crippen MR) is 50.2 cm³/mol. The molecule has 0 atom stereocenters. The van der Waals surface area contributed by atoms with E-state index >= 15 is 0 Å². The van der Waals surface area contributed by atoms with E-state index in [-0.39, 0.29) is 5.56 Å². The van der Waals surface area contributed by atoms with Gasteiger partial charge < -0.3 is 5.73 Å². The van der Waals surface area contributed by atoms with Crippen molar-refractivity contribution in [3.05, 3.63) is 42.0 Å². The molecule has 2 aromatic rings. The van der Waals surface area contributed by atoms with Crippen LogP contribution >= 0.6 is 0 Å². The highest BCUT2D eigenvalue weighted by Crippen LogP contribution is 2.19. The largest absolute Gasteiger partial charge is 0.365 e. The van der Waals surface area contributed by atoms with Gasteiger partial charge in [0, 0.05) is 23.2 Å². The zero-order chi connectivity index (χ0) is 10.1. The van der Waals surface area contributed by atoms with Crippen molar-refractivity contribution in [3.8, 4) is 0 Å². The number of aromatic nitrogens is 1. The van der Waals surface area contributed by atoms with Crippen LogP contribution in [0.2, 0.25) is 0 Å². The van der Waals surface area contributed by atoms with Crippen molar-refractivity contribution in [2.75, 3.05) is 0 Å². The number of halogens is 1. The van der Waals surface area contributed by atoms with E-state index in [1.807, 2.05) is 0 Å². The molecule has 0 unspecified atom stereocenters. The molecule has 0 spiro atoms. The first-order valence-corrected chi connectivity index (χ1v) is 4.02. The second kappa shape index (κ2) is 3.06. The number of primary amides is 1. The van der Waals surface area contributed by atoms with Crippen LogP contribution in [-0.2, 0) is 0 Å². The first-order valence-electron chi connectivity index (χ1n) is 4.02. The number of hydrogen-bond donors (Lipinski definition) is 1. The Kier molecular flexibility index (Phi) is 1.89. The second-order valence-corrected chi connectivity index (χ2v) is 2.88. The lowest BCUT2D eigenvalue weighted by molar-refractivity contribution is 0.0998. The van der Waals surface area contributed by atoms with Gasteiger partial charge in [-0.15, -0.1) is 0 Å². The molecular formula is C10H7FN2O. The van der Waals surface area contributed by atoms with Crippen molar-refractivity contribution in [1.82, 2.24) is 4.98 Å². The maximum atomic E-state index is 13.2. The van der Waals surface area contributed by atoms with Gasteiger partial charge in [-0.2, -0.15) is 0 Å². The third kappa shape index (κ3) is 1.21. The number of rotatable bonds is 1. The van der Waals surface area contributed by atoms with Crippen molar-refractivity contribution < 1.29 is 9.18 Å². The predicted octanol–water partition coefficient (Wildman–Crippen LogP) is 1.47. The summed E-state index contributed by atoms with van der Waals surface area (Å²) >= 11 is 0. The van der Waals surface area contributed by atoms with E-state index in [9.17, 15) is 9.18 Å². The zero-order valence-electron chi connectivity index (χ0n) is 7.20. The monoisotopic (exact) mass is 190 g/mol. The average molecular weight is 190 g/mol. The molecule has 0 fully saturated rings. The molecule has 1 amide bonds. The molecular weight excluding hydrogens is 183 g/mol. The van der Waals surface area contributed by atoms with Crippen molar-refractivity contribution >= 4 is 16.7 Å². The zero-order valence-corrected chi connectivity index (χ0v) is 7.20. The fraction of sp³-hybridized carbons (Fsp3) is 0. The van der Waals surface area contributed by atoms with Crippen molar-refractivity contribution in [2.24, 2.45) is 5.73 Å². The van der Waals surface area contributed by atoms with Crippen LogP contribution in [0.15, 0.2) is 30.6 Å². The van der Waals surface area contributed by atoms with Crippen LogP contribution in [0.4, 0.5) is 4.39 Å². The molecule has 1 aromatic carbocycles. The Morgan fingerprint density at radius 3 is 2.86 bits per heavy atom. The van der Waals surface area contributed by atoms with Crippen LogP contribution in [0.25, 0.3) is 10.8 Å². The van der Waals surface area contributed by atoms with Gasteiger partial charge in [0.1, 0.15) is 5.82 Å². The van der Waals surface area contributed by atoms with E-state index in [1.165, 1.54) is 12.3 Å². The standard InChI is InChI=1S/C10H7FN2O/c11-8-2-1-6-5-13-4-3-7(6)9(8)10(12)14/h1-5H,(H2,12,14). The van der Waals surface area contributed by atoms with Crippen LogP contribution in [0.5, 0.6) is 0 Å². The topological polar surface area (TPSA) is 56.0 Å². The van der Waals surface area contributed by atoms with E-state index in [0.29, 0.717) is 10.8 Å². The van der Waals surface area contributed by atoms with Gasteiger partial charge >= 0.3 is 0 Å². The van der Waals surface area contributed by atoms with Gasteiger partial charge in [0.25, 0.3) is 5.91 Å². The summed E-state index contributed by atoms with van der Waals surface area (Å²) in [6, 6.07) is 4.34. The van der Waals surface area contributed by atoms with Gasteiger partial charge in [-0.1, -0.05) is 0 Å². The van der Waals surface area contributed by atoms with E-state index in [4.69, 9.17) is 5.73 Å². The Hall–Kier alpha value is -1.97. The second-order valence-electron chi connectivity index (χ2n) is 2.88. The van der Waals surface area contributed by atoms with Crippen molar-refractivity contribution in [3.63, 3.8) is 0 Å². The Morgan fingerprint density at radius 1 is 1.36 bits per heavy atom. The molecule has 0 radical (unpaired) electrons. The quantitative estimate of drug-likeness (QED) is 0.740. The van der Waals surface area contributed by atoms with Crippen molar-refractivity contribution in [1.29, 1.82) is 0 Å². The van der Waals surface area contributed by atoms with Crippen molar-refractivity contribution in [2.45, 2.75) is 0 Å². The summed E-state index contributed by atoms with van der Waals surface area (Å²) in [6.45, 7) is 0. The number of nitrogens with zero attached hydrogens (tertiary/aromatic N) is 1. The molecule has 4 heteroatoms. The number of benzene rings is 1. The maximum Gasteiger partial charge on any atom is 0.252 e. The molecule has 14 heavy (non-hydrogen) atoms. The number of carbonyl (C=O) groups is 1. The van der Waals surface area contributed by atoms with Gasteiger partial charge in [0.05, 0.1) is 5.56 Å². The summed E-state index contributed by atoms with van der Waals surface area (Å²) in [5, 5.41) is 1.19. The summed E-state index contributed by atoms with van der Waals surface area (Å²) in [5.41, 5.74) is 5.00. The van der Waals surface area contributed by atoms with Gasteiger partial charge in [-0.25, -0.2) is 4.39 Å². The summed E-state index contributed by atoms with van der Waals surface area (Å²) in [5.74, 6) is -1.37. The van der Waals surface area contributed by atoms with E-state index in [1.54, 1.807) is 18.3 Å². The SMILES string of the molecule is NC(=O)c1c(F)ccc2cnccc12. The molecule has 1 heterocycles. The molecule has 0 aliphatic heterocycles. The summed E-state index contributed by atoms with van der Waals surface area (Å²) in [4.78, 5) is 14.9. The maximum absolute atomic E-state index is 13.2. The van der Waals surface area contributed by atoms with E-state index in [2.05, 4.69) is 4.98 Å². The number of amides is 1. The lowest BCUT2D eigenvalue weighted by atomic mass is 10.1. The molecule has 0 aliphatic rings. The smallest absolute Gasteiger partial charge is 0.252 e. The normalized spacial score (nSPS) is 10.4. The van der Waals surface area contributed by atoms with Crippen LogP contribution in [0.3, 0.4) is 0 Å². The Labute approximate surface area is 79.4 Å². The molecule has 0 bridgehead atoms. The summed E-state index contributed by atoms with van der Waals surface area (Å²) in [7, 11) is 0. The molecule has 2 rings (SSSR count). The fourth-order valence-corrected chi connectivity index (χ4v) is 1.39. The highest BCUT2D eigenvalue weighted by Gasteiger charge is 2.11. The van der Waals surface area contributed by atoms with Gasteiger partial charge in [-0.3, -0.25) is 9.78 Å². The number of carbonyl (C=O) groups excluding carboxylic acids is 1. The third-order valence-corrected chi connectivity index (χ3v) is 2.02. The number of fused-ring (bicyclic) bond motifs is 1. The molecule has 2 N–H and O–H groups in total. The fourth-order valence-electron chi connectivity index (χ4n) is 1.39. The molecule has 1 aromatic heterocycles. The van der Waals surface area contributed by atoms with Crippen LogP contribution in [0.1, 0.15) is 10.4 Å². The van der Waals surface area contributed by atoms with Crippen LogP contribution < -0.4 is 5.73 Å². The van der Waals surface area contributed by atoms with Gasteiger partial charge in [-0.05, 0) is 18.2 Å². The molecule has 0 saturated heterocycles. The van der Waals surface area contributed by atoms with Gasteiger partial charge in [0.2, 0.25) is 0 Å². The lowest BCUT2D eigenvalue weighted by Gasteiger charge is -2.03. The van der Waals surface area contributed by atoms with Crippen LogP contribution in [-0.4, -0.2) is 10.9 Å². The number of hydrogen-bond acceptors (Lipinski definition) is 2. The third-order valence-electron chi connectivity index (χ3n) is 2.02. The minimum Gasteiger partial charge on any atom is -0.365 e. The van der Waals surface area contributed by atoms with Crippen LogP contribution in [0, 0.1) is 5.82 Å². The summed E-state index contributed by atoms with van der Waals surface area (Å²) in [6.07, 6.45) is 3.05. The summed E-state index contributed by atoms with van der Waals surface area (Å²) < 4.78 is 13.2. The lowest BCUT2D eigenvalue weighted by Crippen LogP contribution is -2.13. The average Bonchev–Trinajstić information content (AvgIpc) is 2.17. The van der Waals surface area contributed by atoms with E-state index < -0.39 is 11.7 Å². The first-order chi connectivity index (χ1) is 6.70. The minimum absolute atomic E-state index is 0.0788. The first kappa shape index (κ1) is 8.62. The highest BCUT2D eigenvalue weighted by molar-refractivity contribution is 6.06. The molecule has 70 valence electrons. The molecule has 3 nitrogen and oxygen atoms in total.